The highest BCUT2D eigenvalue weighted by molar-refractivity contribution is 7.09. The molecule has 0 saturated carbocycles. The summed E-state index contributed by atoms with van der Waals surface area (Å²) in [4.78, 5) is 19.4. The first-order valence-electron chi connectivity index (χ1n) is 8.36. The van der Waals surface area contributed by atoms with Gasteiger partial charge in [-0.3, -0.25) is 9.48 Å². The molecule has 0 bridgehead atoms. The number of carbonyl (C=O) groups is 1. The smallest absolute Gasteiger partial charge is 0.272 e. The highest BCUT2D eigenvalue weighted by Crippen LogP contribution is 2.29. The molecule has 0 N–H and O–H groups in total. The van der Waals surface area contributed by atoms with E-state index in [2.05, 4.69) is 23.9 Å². The van der Waals surface area contributed by atoms with Crippen LogP contribution in [0, 0.1) is 0 Å². The van der Waals surface area contributed by atoms with Gasteiger partial charge in [0.15, 0.2) is 0 Å². The normalized spacial score (nSPS) is 18.6. The van der Waals surface area contributed by atoms with Gasteiger partial charge < -0.3 is 4.90 Å². The Labute approximate surface area is 141 Å². The van der Waals surface area contributed by atoms with Crippen LogP contribution in [0.2, 0.25) is 0 Å². The minimum atomic E-state index is 0.104. The van der Waals surface area contributed by atoms with Crippen molar-refractivity contribution in [3.8, 4) is 0 Å². The SMILES string of the molecule is CCn1nc(C(C)C)cc1C(=O)N1CCC[C@@H](c2nccs2)C1. The molecule has 2 aromatic heterocycles. The van der Waals surface area contributed by atoms with Crippen molar-refractivity contribution in [2.75, 3.05) is 13.1 Å². The molecule has 0 spiro atoms. The van der Waals surface area contributed by atoms with Crippen LogP contribution >= 0.6 is 11.3 Å². The molecular weight excluding hydrogens is 308 g/mol. The number of hydrogen-bond donors (Lipinski definition) is 0. The molecule has 3 heterocycles. The zero-order valence-electron chi connectivity index (χ0n) is 14.0. The fourth-order valence-corrected chi connectivity index (χ4v) is 3.86. The highest BCUT2D eigenvalue weighted by atomic mass is 32.1. The largest absolute Gasteiger partial charge is 0.337 e. The van der Waals surface area contributed by atoms with Crippen molar-refractivity contribution in [3.05, 3.63) is 34.0 Å². The van der Waals surface area contributed by atoms with Gasteiger partial charge in [0.1, 0.15) is 5.69 Å². The van der Waals surface area contributed by atoms with Gasteiger partial charge in [-0.1, -0.05) is 13.8 Å². The second kappa shape index (κ2) is 6.83. The van der Waals surface area contributed by atoms with Crippen LogP contribution in [0.15, 0.2) is 17.6 Å². The standard InChI is InChI=1S/C17H24N4OS/c1-4-21-15(10-14(19-21)12(2)3)17(22)20-8-5-6-13(11-20)16-18-7-9-23-16/h7,9-10,12-13H,4-6,8,11H2,1-3H3/t13-/m1/s1. The molecule has 1 aliphatic heterocycles. The Bertz CT molecular complexity index is 662. The highest BCUT2D eigenvalue weighted by Gasteiger charge is 2.28. The molecule has 0 aliphatic carbocycles. The van der Waals surface area contributed by atoms with Crippen molar-refractivity contribution in [2.45, 2.75) is 52.0 Å². The van der Waals surface area contributed by atoms with E-state index in [9.17, 15) is 4.79 Å². The zero-order chi connectivity index (χ0) is 16.4. The summed E-state index contributed by atoms with van der Waals surface area (Å²) in [5.74, 6) is 0.807. The Kier molecular flexibility index (Phi) is 4.80. The van der Waals surface area contributed by atoms with Crippen LogP contribution in [0.4, 0.5) is 0 Å². The van der Waals surface area contributed by atoms with Crippen molar-refractivity contribution in [3.63, 3.8) is 0 Å². The first-order valence-corrected chi connectivity index (χ1v) is 9.24. The lowest BCUT2D eigenvalue weighted by Crippen LogP contribution is -2.40. The summed E-state index contributed by atoms with van der Waals surface area (Å²) >= 11 is 1.69. The number of nitrogens with zero attached hydrogens (tertiary/aromatic N) is 4. The lowest BCUT2D eigenvalue weighted by Gasteiger charge is -2.31. The Morgan fingerprint density at radius 2 is 2.30 bits per heavy atom. The lowest BCUT2D eigenvalue weighted by atomic mass is 9.98. The minimum absolute atomic E-state index is 0.104. The van der Waals surface area contributed by atoms with E-state index in [0.29, 0.717) is 11.8 Å². The predicted molar refractivity (Wildman–Crippen MR) is 92.0 cm³/mol. The molecule has 1 fully saturated rings. The molecule has 2 aromatic rings. The molecular formula is C17H24N4OS. The van der Waals surface area contributed by atoms with Crippen LogP contribution in [0.3, 0.4) is 0 Å². The number of carbonyl (C=O) groups excluding carboxylic acids is 1. The van der Waals surface area contributed by atoms with Crippen LogP contribution in [0.25, 0.3) is 0 Å². The molecule has 6 heteroatoms. The number of likely N-dealkylation sites (tertiary alicyclic amines) is 1. The minimum Gasteiger partial charge on any atom is -0.337 e. The second-order valence-electron chi connectivity index (χ2n) is 6.39. The fourth-order valence-electron chi connectivity index (χ4n) is 3.09. The van der Waals surface area contributed by atoms with E-state index in [0.717, 1.165) is 48.9 Å². The molecule has 5 nitrogen and oxygen atoms in total. The number of aromatic nitrogens is 3. The fraction of sp³-hybridized carbons (Fsp3) is 0.588. The van der Waals surface area contributed by atoms with Gasteiger partial charge in [-0.15, -0.1) is 11.3 Å². The predicted octanol–water partition coefficient (Wildman–Crippen LogP) is 3.50. The first kappa shape index (κ1) is 16.2. The number of hydrogen-bond acceptors (Lipinski definition) is 4. The third kappa shape index (κ3) is 3.32. The number of aryl methyl sites for hydroxylation is 1. The van der Waals surface area contributed by atoms with Crippen LogP contribution in [-0.2, 0) is 6.54 Å². The summed E-state index contributed by atoms with van der Waals surface area (Å²) in [6.07, 6.45) is 4.00. The van der Waals surface area contributed by atoms with Gasteiger partial charge in [-0.2, -0.15) is 5.10 Å². The quantitative estimate of drug-likeness (QED) is 0.861. The van der Waals surface area contributed by atoms with Crippen LogP contribution < -0.4 is 0 Å². The summed E-state index contributed by atoms with van der Waals surface area (Å²) in [6.45, 7) is 8.55. The maximum absolute atomic E-state index is 13.0. The van der Waals surface area contributed by atoms with Gasteiger partial charge in [0.2, 0.25) is 0 Å². The summed E-state index contributed by atoms with van der Waals surface area (Å²) in [6, 6.07) is 1.96. The number of rotatable bonds is 4. The monoisotopic (exact) mass is 332 g/mol. The molecule has 1 amide bonds. The van der Waals surface area contributed by atoms with Crippen LogP contribution in [-0.4, -0.2) is 38.7 Å². The topological polar surface area (TPSA) is 51.0 Å². The summed E-state index contributed by atoms with van der Waals surface area (Å²) in [7, 11) is 0. The van der Waals surface area contributed by atoms with Gasteiger partial charge in [0, 0.05) is 37.1 Å². The average Bonchev–Trinajstić information content (AvgIpc) is 3.23. The molecule has 1 aliphatic rings. The third-order valence-corrected chi connectivity index (χ3v) is 5.36. The molecule has 0 unspecified atom stereocenters. The Balaban J connectivity index is 1.79. The van der Waals surface area contributed by atoms with E-state index < -0.39 is 0 Å². The molecule has 0 aromatic carbocycles. The van der Waals surface area contributed by atoms with Gasteiger partial charge in [-0.05, 0) is 31.7 Å². The average molecular weight is 332 g/mol. The molecule has 124 valence electrons. The van der Waals surface area contributed by atoms with Crippen molar-refractivity contribution in [2.24, 2.45) is 0 Å². The van der Waals surface area contributed by atoms with E-state index in [4.69, 9.17) is 0 Å². The van der Waals surface area contributed by atoms with Gasteiger partial charge in [-0.25, -0.2) is 4.98 Å². The maximum Gasteiger partial charge on any atom is 0.272 e. The number of thiazole rings is 1. The molecule has 23 heavy (non-hydrogen) atoms. The van der Waals surface area contributed by atoms with E-state index in [-0.39, 0.29) is 5.91 Å². The third-order valence-electron chi connectivity index (χ3n) is 4.42. The first-order chi connectivity index (χ1) is 11.1. The molecule has 0 radical (unpaired) electrons. The number of piperidine rings is 1. The van der Waals surface area contributed by atoms with Crippen LogP contribution in [0.1, 0.15) is 66.6 Å². The lowest BCUT2D eigenvalue weighted by molar-refractivity contribution is 0.0694. The molecule has 1 saturated heterocycles. The van der Waals surface area contributed by atoms with E-state index in [1.807, 2.05) is 34.1 Å². The van der Waals surface area contributed by atoms with Gasteiger partial charge >= 0.3 is 0 Å². The van der Waals surface area contributed by atoms with Crippen molar-refractivity contribution in [1.29, 1.82) is 0 Å². The van der Waals surface area contributed by atoms with Gasteiger partial charge in [0.05, 0.1) is 10.7 Å². The Hall–Kier alpha value is -1.69. The van der Waals surface area contributed by atoms with E-state index >= 15 is 0 Å². The zero-order valence-corrected chi connectivity index (χ0v) is 14.8. The van der Waals surface area contributed by atoms with Crippen molar-refractivity contribution < 1.29 is 4.79 Å². The second-order valence-corrected chi connectivity index (χ2v) is 7.31. The van der Waals surface area contributed by atoms with Gasteiger partial charge in [0.25, 0.3) is 5.91 Å². The molecule has 1 atom stereocenters. The van der Waals surface area contributed by atoms with E-state index in [1.54, 1.807) is 11.3 Å². The van der Waals surface area contributed by atoms with E-state index in [1.165, 1.54) is 0 Å². The summed E-state index contributed by atoms with van der Waals surface area (Å²) < 4.78 is 1.84. The summed E-state index contributed by atoms with van der Waals surface area (Å²) in [5, 5.41) is 7.73. The van der Waals surface area contributed by atoms with Crippen LogP contribution in [0.5, 0.6) is 0 Å². The van der Waals surface area contributed by atoms with Crippen molar-refractivity contribution >= 4 is 17.2 Å². The molecule has 3 rings (SSSR count). The maximum atomic E-state index is 13.0. The number of amides is 1. The Morgan fingerprint density at radius 3 is 2.96 bits per heavy atom. The van der Waals surface area contributed by atoms with Crippen molar-refractivity contribution in [1.82, 2.24) is 19.7 Å². The summed E-state index contributed by atoms with van der Waals surface area (Å²) in [5.41, 5.74) is 1.71. The Morgan fingerprint density at radius 1 is 1.48 bits per heavy atom.